The lowest BCUT2D eigenvalue weighted by molar-refractivity contribution is 0.149. The molecule has 4 heteroatoms. The van der Waals surface area contributed by atoms with Gasteiger partial charge in [0, 0.05) is 0 Å². The summed E-state index contributed by atoms with van der Waals surface area (Å²) in [6.45, 7) is 11.8. The molecular formula is C26H55O3P. The first-order chi connectivity index (χ1) is 14.3. The van der Waals surface area contributed by atoms with Crippen LogP contribution >= 0.6 is 7.60 Å². The van der Waals surface area contributed by atoms with Gasteiger partial charge in [-0.25, -0.2) is 0 Å². The van der Waals surface area contributed by atoms with Crippen LogP contribution in [0.25, 0.3) is 0 Å². The maximum Gasteiger partial charge on any atom is 0.330 e. The van der Waals surface area contributed by atoms with Gasteiger partial charge in [0.1, 0.15) is 0 Å². The lowest BCUT2D eigenvalue weighted by Gasteiger charge is -2.24. The number of unbranched alkanes of at least 4 members (excludes halogenated alkanes) is 15. The fourth-order valence-corrected chi connectivity index (χ4v) is 5.51. The molecule has 30 heavy (non-hydrogen) atoms. The minimum atomic E-state index is -2.92. The summed E-state index contributed by atoms with van der Waals surface area (Å²) in [6, 6.07) is 0. The Balaban J connectivity index is 3.57. The second-order valence-electron chi connectivity index (χ2n) is 10.3. The maximum absolute atomic E-state index is 12.9. The molecule has 1 atom stereocenters. The highest BCUT2D eigenvalue weighted by Crippen LogP contribution is 2.50. The minimum Gasteiger partial charge on any atom is -0.309 e. The standard InChI is InChI=1S/C26H55O3P/c1-6-8-10-11-12-13-14-15-16-17-18-19-20-21-22-23-28-30(27,24-9-7-2)29-25-26(3,4)5/h6-25H2,1-5H3. The molecule has 0 rings (SSSR count). The van der Waals surface area contributed by atoms with Crippen molar-refractivity contribution >= 4 is 7.60 Å². The summed E-state index contributed by atoms with van der Waals surface area (Å²) in [6.07, 6.45) is 22.7. The van der Waals surface area contributed by atoms with E-state index in [2.05, 4.69) is 34.6 Å². The van der Waals surface area contributed by atoms with Crippen molar-refractivity contribution in [3.8, 4) is 0 Å². The summed E-state index contributed by atoms with van der Waals surface area (Å²) in [5.74, 6) is 0. The predicted octanol–water partition coefficient (Wildman–Crippen LogP) is 9.93. The third-order valence-corrected chi connectivity index (χ3v) is 7.48. The van der Waals surface area contributed by atoms with Gasteiger partial charge in [0.05, 0.1) is 19.4 Å². The van der Waals surface area contributed by atoms with Gasteiger partial charge in [0.2, 0.25) is 0 Å². The highest BCUT2D eigenvalue weighted by atomic mass is 31.2. The summed E-state index contributed by atoms with van der Waals surface area (Å²) in [7, 11) is -2.92. The van der Waals surface area contributed by atoms with Crippen molar-refractivity contribution in [3.05, 3.63) is 0 Å². The van der Waals surface area contributed by atoms with E-state index in [0.29, 0.717) is 19.4 Å². The van der Waals surface area contributed by atoms with Crippen LogP contribution in [0.1, 0.15) is 144 Å². The SMILES string of the molecule is CCCCCCCCCCCCCCCCCOP(=O)(CCCC)OCC(C)(C)C. The van der Waals surface area contributed by atoms with Gasteiger partial charge in [0.15, 0.2) is 0 Å². The Hall–Kier alpha value is 0.150. The van der Waals surface area contributed by atoms with E-state index in [0.717, 1.165) is 19.3 Å². The minimum absolute atomic E-state index is 0.0138. The molecule has 0 aliphatic heterocycles. The van der Waals surface area contributed by atoms with Crippen molar-refractivity contribution in [2.45, 2.75) is 144 Å². The fraction of sp³-hybridized carbons (Fsp3) is 1.00. The molecule has 3 nitrogen and oxygen atoms in total. The topological polar surface area (TPSA) is 35.5 Å². The van der Waals surface area contributed by atoms with Gasteiger partial charge in [-0.05, 0) is 18.3 Å². The summed E-state index contributed by atoms with van der Waals surface area (Å²) in [5.41, 5.74) is 0.0138. The van der Waals surface area contributed by atoms with E-state index in [1.807, 2.05) is 0 Å². The lowest BCUT2D eigenvalue weighted by atomic mass is 9.99. The molecular weight excluding hydrogens is 391 g/mol. The van der Waals surface area contributed by atoms with Crippen molar-refractivity contribution in [1.82, 2.24) is 0 Å². The van der Waals surface area contributed by atoms with E-state index in [1.165, 1.54) is 89.9 Å². The molecule has 0 amide bonds. The molecule has 0 N–H and O–H groups in total. The molecule has 0 radical (unpaired) electrons. The van der Waals surface area contributed by atoms with Crippen LogP contribution < -0.4 is 0 Å². The zero-order valence-corrected chi connectivity index (χ0v) is 22.2. The lowest BCUT2D eigenvalue weighted by Crippen LogP contribution is -2.15. The Labute approximate surface area is 190 Å². The van der Waals surface area contributed by atoms with Gasteiger partial charge in [-0.2, -0.15) is 0 Å². The van der Waals surface area contributed by atoms with Crippen LogP contribution in [0.3, 0.4) is 0 Å². The summed E-state index contributed by atoms with van der Waals surface area (Å²) in [4.78, 5) is 0. The van der Waals surface area contributed by atoms with Crippen molar-refractivity contribution in [1.29, 1.82) is 0 Å². The molecule has 0 aromatic heterocycles. The average Bonchev–Trinajstić information content (AvgIpc) is 2.70. The molecule has 0 saturated carbocycles. The number of hydrogen-bond acceptors (Lipinski definition) is 3. The number of rotatable bonds is 22. The monoisotopic (exact) mass is 446 g/mol. The van der Waals surface area contributed by atoms with Crippen LogP contribution in [0, 0.1) is 5.41 Å². The Kier molecular flexibility index (Phi) is 19.9. The maximum atomic E-state index is 12.9. The molecule has 0 fully saturated rings. The van der Waals surface area contributed by atoms with Crippen LogP contribution in [-0.4, -0.2) is 19.4 Å². The average molecular weight is 447 g/mol. The highest BCUT2D eigenvalue weighted by Gasteiger charge is 2.26. The van der Waals surface area contributed by atoms with E-state index in [-0.39, 0.29) is 5.41 Å². The summed E-state index contributed by atoms with van der Waals surface area (Å²) >= 11 is 0. The molecule has 0 heterocycles. The van der Waals surface area contributed by atoms with Gasteiger partial charge in [-0.15, -0.1) is 0 Å². The molecule has 0 bridgehead atoms. The van der Waals surface area contributed by atoms with Gasteiger partial charge in [-0.1, -0.05) is 131 Å². The van der Waals surface area contributed by atoms with Crippen LogP contribution in [0.4, 0.5) is 0 Å². The fourth-order valence-electron chi connectivity index (χ4n) is 3.49. The Morgan fingerprint density at radius 1 is 0.567 bits per heavy atom. The van der Waals surface area contributed by atoms with Crippen LogP contribution in [0.2, 0.25) is 0 Å². The second kappa shape index (κ2) is 19.8. The molecule has 1 unspecified atom stereocenters. The van der Waals surface area contributed by atoms with Gasteiger partial charge in [0.25, 0.3) is 0 Å². The second-order valence-corrected chi connectivity index (χ2v) is 12.5. The molecule has 0 aromatic rings. The van der Waals surface area contributed by atoms with E-state index in [4.69, 9.17) is 9.05 Å². The van der Waals surface area contributed by atoms with Crippen molar-refractivity contribution in [2.24, 2.45) is 5.41 Å². The first-order valence-corrected chi connectivity index (χ1v) is 14.9. The predicted molar refractivity (Wildman–Crippen MR) is 134 cm³/mol. The van der Waals surface area contributed by atoms with Crippen LogP contribution in [0.15, 0.2) is 0 Å². The zero-order chi connectivity index (χ0) is 22.6. The first-order valence-electron chi connectivity index (χ1n) is 13.2. The molecule has 0 aromatic carbocycles. The van der Waals surface area contributed by atoms with E-state index in [1.54, 1.807) is 0 Å². The quantitative estimate of drug-likeness (QED) is 0.123. The Morgan fingerprint density at radius 2 is 0.967 bits per heavy atom. The van der Waals surface area contributed by atoms with Gasteiger partial charge in [-0.3, -0.25) is 4.57 Å². The van der Waals surface area contributed by atoms with E-state index >= 15 is 0 Å². The molecule has 0 spiro atoms. The third-order valence-electron chi connectivity index (χ3n) is 5.52. The van der Waals surface area contributed by atoms with E-state index < -0.39 is 7.60 Å². The largest absolute Gasteiger partial charge is 0.330 e. The van der Waals surface area contributed by atoms with Gasteiger partial charge < -0.3 is 9.05 Å². The number of hydrogen-bond donors (Lipinski definition) is 0. The smallest absolute Gasteiger partial charge is 0.309 e. The molecule has 182 valence electrons. The Bertz CT molecular complexity index is 404. The first kappa shape index (κ1) is 30.1. The van der Waals surface area contributed by atoms with Crippen LogP contribution in [-0.2, 0) is 13.6 Å². The van der Waals surface area contributed by atoms with Crippen LogP contribution in [0.5, 0.6) is 0 Å². The summed E-state index contributed by atoms with van der Waals surface area (Å²) in [5, 5.41) is 0. The third kappa shape index (κ3) is 21.4. The van der Waals surface area contributed by atoms with Crippen molar-refractivity contribution < 1.29 is 13.6 Å². The van der Waals surface area contributed by atoms with Crippen molar-refractivity contribution in [3.63, 3.8) is 0 Å². The molecule has 0 saturated heterocycles. The highest BCUT2D eigenvalue weighted by molar-refractivity contribution is 7.53. The Morgan fingerprint density at radius 3 is 1.37 bits per heavy atom. The normalized spacial score (nSPS) is 14.2. The van der Waals surface area contributed by atoms with E-state index in [9.17, 15) is 4.57 Å². The van der Waals surface area contributed by atoms with Crippen molar-refractivity contribution in [2.75, 3.05) is 19.4 Å². The molecule has 0 aliphatic carbocycles. The van der Waals surface area contributed by atoms with Gasteiger partial charge >= 0.3 is 7.60 Å². The summed E-state index contributed by atoms with van der Waals surface area (Å²) < 4.78 is 24.4. The molecule has 0 aliphatic rings. The zero-order valence-electron chi connectivity index (χ0n) is 21.3.